The predicted octanol–water partition coefficient (Wildman–Crippen LogP) is 4.69. The number of ether oxygens (including phenoxy) is 2. The molecule has 7 nitrogen and oxygen atoms in total. The molecule has 0 spiro atoms. The van der Waals surface area contributed by atoms with Crippen LogP contribution in [0.2, 0.25) is 0 Å². The highest BCUT2D eigenvalue weighted by Crippen LogP contribution is 2.40. The summed E-state index contributed by atoms with van der Waals surface area (Å²) < 4.78 is 10.5. The third kappa shape index (κ3) is 4.96. The maximum atomic E-state index is 12.4. The van der Waals surface area contributed by atoms with E-state index in [1.54, 1.807) is 37.3 Å². The quantitative estimate of drug-likeness (QED) is 0.574. The van der Waals surface area contributed by atoms with Gasteiger partial charge in [-0.3, -0.25) is 0 Å². The number of aliphatic hydroxyl groups excluding tert-OH is 1. The van der Waals surface area contributed by atoms with Crippen molar-refractivity contribution in [1.82, 2.24) is 0 Å². The van der Waals surface area contributed by atoms with E-state index in [1.165, 1.54) is 18.2 Å². The van der Waals surface area contributed by atoms with Crippen molar-refractivity contribution in [3.8, 4) is 17.2 Å². The number of carbonyl (C=O) groups is 1. The van der Waals surface area contributed by atoms with Crippen LogP contribution in [0.15, 0.2) is 63.7 Å². The molecule has 30 heavy (non-hydrogen) atoms. The highest BCUT2D eigenvalue weighted by molar-refractivity contribution is 8.18. The van der Waals surface area contributed by atoms with Gasteiger partial charge >= 0.3 is 5.97 Å². The number of hydrogen-bond donors (Lipinski definition) is 3. The number of carbonyl (C=O) groups excluding carboxylic acids is 1. The largest absolute Gasteiger partial charge is 0.508 e. The van der Waals surface area contributed by atoms with E-state index >= 15 is 0 Å². The van der Waals surface area contributed by atoms with E-state index in [2.05, 4.69) is 4.99 Å². The van der Waals surface area contributed by atoms with Crippen molar-refractivity contribution in [2.45, 2.75) is 13.8 Å². The van der Waals surface area contributed by atoms with Gasteiger partial charge in [-0.05, 0) is 61.9 Å². The minimum absolute atomic E-state index is 0.0358. The number of esters is 1. The van der Waals surface area contributed by atoms with Crippen LogP contribution in [0.1, 0.15) is 19.4 Å². The fourth-order valence-electron chi connectivity index (χ4n) is 2.75. The second kappa shape index (κ2) is 9.41. The van der Waals surface area contributed by atoms with E-state index < -0.39 is 5.97 Å². The van der Waals surface area contributed by atoms with Crippen LogP contribution in [-0.4, -0.2) is 39.5 Å². The normalized spacial score (nSPS) is 16.3. The smallest absolute Gasteiger partial charge is 0.344 e. The Hall–Kier alpha value is -3.39. The molecule has 0 fully saturated rings. The van der Waals surface area contributed by atoms with Crippen LogP contribution >= 0.6 is 11.8 Å². The molecule has 0 bridgehead atoms. The molecule has 8 heteroatoms. The number of nitrogens with zero attached hydrogens (tertiary/aromatic N) is 1. The second-order valence-corrected chi connectivity index (χ2v) is 7.21. The van der Waals surface area contributed by atoms with Crippen LogP contribution in [0.25, 0.3) is 6.08 Å². The Morgan fingerprint density at radius 3 is 2.30 bits per heavy atom. The third-order valence-corrected chi connectivity index (χ3v) is 4.99. The number of phenolic OH excluding ortho intramolecular Hbond substituents is 2. The summed E-state index contributed by atoms with van der Waals surface area (Å²) in [5.41, 5.74) is 0.991. The van der Waals surface area contributed by atoms with Crippen molar-refractivity contribution in [1.29, 1.82) is 0 Å². The second-order valence-electron chi connectivity index (χ2n) is 6.18. The van der Waals surface area contributed by atoms with Crippen LogP contribution in [0, 0.1) is 0 Å². The summed E-state index contributed by atoms with van der Waals surface area (Å²) in [6, 6.07) is 11.1. The van der Waals surface area contributed by atoms with Crippen LogP contribution < -0.4 is 4.74 Å². The summed E-state index contributed by atoms with van der Waals surface area (Å²) >= 11 is 1.09. The third-order valence-electron chi connectivity index (χ3n) is 3.97. The molecule has 0 aromatic heterocycles. The lowest BCUT2D eigenvalue weighted by Gasteiger charge is -2.05. The lowest BCUT2D eigenvalue weighted by molar-refractivity contribution is -0.138. The number of aliphatic imine (C=N–C) groups is 1. The summed E-state index contributed by atoms with van der Waals surface area (Å²) in [5, 5.41) is 30.3. The van der Waals surface area contributed by atoms with E-state index in [0.717, 1.165) is 11.8 Å². The van der Waals surface area contributed by atoms with Crippen molar-refractivity contribution < 1.29 is 29.6 Å². The van der Waals surface area contributed by atoms with Gasteiger partial charge in [-0.25, -0.2) is 9.79 Å². The molecule has 0 atom stereocenters. The topological polar surface area (TPSA) is 109 Å². The van der Waals surface area contributed by atoms with Gasteiger partial charge in [0.25, 0.3) is 0 Å². The van der Waals surface area contributed by atoms with Crippen LogP contribution in [-0.2, 0) is 9.53 Å². The number of aliphatic hydroxyl groups is 1. The van der Waals surface area contributed by atoms with Crippen LogP contribution in [0.4, 0.5) is 5.69 Å². The molecule has 2 aromatic carbocycles. The van der Waals surface area contributed by atoms with Gasteiger partial charge in [0.15, 0.2) is 0 Å². The first kappa shape index (κ1) is 21.3. The molecule has 0 amide bonds. The molecule has 2 aromatic rings. The molecule has 0 saturated heterocycles. The maximum Gasteiger partial charge on any atom is 0.344 e. The lowest BCUT2D eigenvalue weighted by atomic mass is 10.1. The highest BCUT2D eigenvalue weighted by atomic mass is 32.2. The molecule has 3 rings (SSSR count). The van der Waals surface area contributed by atoms with E-state index in [9.17, 15) is 20.1 Å². The first-order valence-electron chi connectivity index (χ1n) is 9.26. The van der Waals surface area contributed by atoms with Gasteiger partial charge in [-0.2, -0.15) is 0 Å². The number of phenols is 2. The number of hydrogen-bond acceptors (Lipinski definition) is 8. The SMILES string of the molecule is CCOC(=O)C1=C(O)/C(=C\c2cc(O)cc(O)c2)SC1=Nc1ccc(OCC)cc1. The number of thioether (sulfide) groups is 1. The van der Waals surface area contributed by atoms with Gasteiger partial charge < -0.3 is 24.8 Å². The van der Waals surface area contributed by atoms with E-state index in [1.807, 2.05) is 6.92 Å². The monoisotopic (exact) mass is 427 g/mol. The molecule has 1 aliphatic rings. The zero-order chi connectivity index (χ0) is 21.7. The fraction of sp³-hybridized carbons (Fsp3) is 0.182. The Morgan fingerprint density at radius 1 is 1.03 bits per heavy atom. The standard InChI is InChI=1S/C22H21NO6S/c1-3-28-17-7-5-14(6-8-17)23-21-19(22(27)29-4-2)20(26)18(30-21)11-13-9-15(24)12-16(25)10-13/h5-12,24-26H,3-4H2,1-2H3/b18-11+,23-21?. The molecule has 3 N–H and O–H groups in total. The zero-order valence-electron chi connectivity index (χ0n) is 16.5. The number of benzene rings is 2. The van der Waals surface area contributed by atoms with Gasteiger partial charge in [0, 0.05) is 6.07 Å². The Kier molecular flexibility index (Phi) is 6.68. The first-order chi connectivity index (χ1) is 14.4. The van der Waals surface area contributed by atoms with Crippen molar-refractivity contribution in [3.63, 3.8) is 0 Å². The van der Waals surface area contributed by atoms with Crippen LogP contribution in [0.5, 0.6) is 17.2 Å². The zero-order valence-corrected chi connectivity index (χ0v) is 17.3. The van der Waals surface area contributed by atoms with Crippen molar-refractivity contribution in [2.75, 3.05) is 13.2 Å². The number of aromatic hydroxyl groups is 2. The molecular weight excluding hydrogens is 406 g/mol. The van der Waals surface area contributed by atoms with Gasteiger partial charge in [0.1, 0.15) is 33.6 Å². The average Bonchev–Trinajstić information content (AvgIpc) is 2.98. The Morgan fingerprint density at radius 2 is 1.70 bits per heavy atom. The van der Waals surface area contributed by atoms with Crippen molar-refractivity contribution in [2.24, 2.45) is 4.99 Å². The summed E-state index contributed by atoms with van der Waals surface area (Å²) in [4.78, 5) is 17.3. The average molecular weight is 427 g/mol. The number of rotatable bonds is 6. The lowest BCUT2D eigenvalue weighted by Crippen LogP contribution is -2.12. The fourth-order valence-corrected chi connectivity index (χ4v) is 3.78. The Bertz CT molecular complexity index is 1020. The van der Waals surface area contributed by atoms with E-state index in [-0.39, 0.29) is 34.5 Å². The van der Waals surface area contributed by atoms with Crippen LogP contribution in [0.3, 0.4) is 0 Å². The summed E-state index contributed by atoms with van der Waals surface area (Å²) in [5.74, 6) is -0.501. The first-order valence-corrected chi connectivity index (χ1v) is 10.1. The van der Waals surface area contributed by atoms with E-state index in [0.29, 0.717) is 28.5 Å². The van der Waals surface area contributed by atoms with Gasteiger partial charge in [-0.15, -0.1) is 0 Å². The molecule has 1 heterocycles. The summed E-state index contributed by atoms with van der Waals surface area (Å²) in [6.45, 7) is 4.26. The minimum Gasteiger partial charge on any atom is -0.508 e. The van der Waals surface area contributed by atoms with Gasteiger partial charge in [-0.1, -0.05) is 11.8 Å². The molecule has 0 unspecified atom stereocenters. The molecule has 156 valence electrons. The minimum atomic E-state index is -0.686. The molecule has 0 aliphatic carbocycles. The highest BCUT2D eigenvalue weighted by Gasteiger charge is 2.33. The maximum absolute atomic E-state index is 12.4. The Balaban J connectivity index is 2.00. The van der Waals surface area contributed by atoms with Gasteiger partial charge in [0.05, 0.1) is 23.8 Å². The van der Waals surface area contributed by atoms with Crippen molar-refractivity contribution in [3.05, 3.63) is 64.3 Å². The molecular formula is C22H21NO6S. The Labute approximate surface area is 178 Å². The predicted molar refractivity (Wildman–Crippen MR) is 116 cm³/mol. The summed E-state index contributed by atoms with van der Waals surface area (Å²) in [6.07, 6.45) is 1.54. The molecule has 0 radical (unpaired) electrons. The van der Waals surface area contributed by atoms with Crippen molar-refractivity contribution >= 4 is 34.5 Å². The van der Waals surface area contributed by atoms with E-state index in [4.69, 9.17) is 9.47 Å². The molecule has 1 aliphatic heterocycles. The summed E-state index contributed by atoms with van der Waals surface area (Å²) in [7, 11) is 0. The molecule has 0 saturated carbocycles. The van der Waals surface area contributed by atoms with Gasteiger partial charge in [0.2, 0.25) is 0 Å².